The van der Waals surface area contributed by atoms with Crippen LogP contribution in [0.15, 0.2) is 18.3 Å². The summed E-state index contributed by atoms with van der Waals surface area (Å²) in [4.78, 5) is 4.21. The van der Waals surface area contributed by atoms with E-state index in [1.807, 2.05) is 19.2 Å². The second-order valence-corrected chi connectivity index (χ2v) is 3.16. The zero-order chi connectivity index (χ0) is 9.10. The standard InChI is InChI=1S/C10H14N2O/c1-2-13-10-4-3-8(7-12-10)9-5-6-11-9/h3-4,7,9,11H,2,5-6H2,1H3. The summed E-state index contributed by atoms with van der Waals surface area (Å²) < 4.78 is 5.26. The molecule has 0 bridgehead atoms. The highest BCUT2D eigenvalue weighted by Crippen LogP contribution is 2.22. The maximum absolute atomic E-state index is 5.26. The van der Waals surface area contributed by atoms with Gasteiger partial charge in [0.15, 0.2) is 0 Å². The lowest BCUT2D eigenvalue weighted by Gasteiger charge is -2.27. The average molecular weight is 178 g/mol. The predicted molar refractivity (Wildman–Crippen MR) is 50.8 cm³/mol. The first kappa shape index (κ1) is 8.51. The van der Waals surface area contributed by atoms with E-state index in [9.17, 15) is 0 Å². The van der Waals surface area contributed by atoms with Crippen molar-refractivity contribution in [2.24, 2.45) is 0 Å². The molecule has 1 atom stereocenters. The van der Waals surface area contributed by atoms with Crippen LogP contribution in [0.4, 0.5) is 0 Å². The number of rotatable bonds is 3. The molecule has 2 rings (SSSR count). The molecule has 1 N–H and O–H groups in total. The van der Waals surface area contributed by atoms with Crippen LogP contribution in [0, 0.1) is 0 Å². The fraction of sp³-hybridized carbons (Fsp3) is 0.500. The summed E-state index contributed by atoms with van der Waals surface area (Å²) in [7, 11) is 0. The number of hydrogen-bond donors (Lipinski definition) is 1. The summed E-state index contributed by atoms with van der Waals surface area (Å²) in [6.07, 6.45) is 3.11. The van der Waals surface area contributed by atoms with Crippen molar-refractivity contribution in [3.8, 4) is 5.88 Å². The molecule has 1 fully saturated rings. The Morgan fingerprint density at radius 2 is 2.46 bits per heavy atom. The maximum Gasteiger partial charge on any atom is 0.213 e. The zero-order valence-electron chi connectivity index (χ0n) is 7.79. The summed E-state index contributed by atoms with van der Waals surface area (Å²) in [6.45, 7) is 3.76. The van der Waals surface area contributed by atoms with Crippen molar-refractivity contribution >= 4 is 0 Å². The summed E-state index contributed by atoms with van der Waals surface area (Å²) in [6, 6.07) is 4.52. The SMILES string of the molecule is CCOc1ccc(C2CCN2)cn1. The van der Waals surface area contributed by atoms with Crippen LogP contribution in [-0.2, 0) is 0 Å². The molecule has 0 aromatic carbocycles. The fourth-order valence-electron chi connectivity index (χ4n) is 1.40. The second kappa shape index (κ2) is 3.75. The third-order valence-corrected chi connectivity index (χ3v) is 2.28. The lowest BCUT2D eigenvalue weighted by molar-refractivity contribution is 0.325. The lowest BCUT2D eigenvalue weighted by atomic mass is 10.00. The predicted octanol–water partition coefficient (Wildman–Crippen LogP) is 1.51. The van der Waals surface area contributed by atoms with E-state index < -0.39 is 0 Å². The summed E-state index contributed by atoms with van der Waals surface area (Å²) in [5, 5.41) is 3.33. The minimum Gasteiger partial charge on any atom is -0.478 e. The Kier molecular flexibility index (Phi) is 2.45. The van der Waals surface area contributed by atoms with E-state index in [2.05, 4.69) is 16.4 Å². The van der Waals surface area contributed by atoms with E-state index in [-0.39, 0.29) is 0 Å². The fourth-order valence-corrected chi connectivity index (χ4v) is 1.40. The topological polar surface area (TPSA) is 34.1 Å². The summed E-state index contributed by atoms with van der Waals surface area (Å²) in [5.41, 5.74) is 1.26. The lowest BCUT2D eigenvalue weighted by Crippen LogP contribution is -2.34. The Labute approximate surface area is 78.1 Å². The van der Waals surface area contributed by atoms with Crippen LogP contribution in [0.5, 0.6) is 5.88 Å². The van der Waals surface area contributed by atoms with Gasteiger partial charge in [-0.05, 0) is 25.5 Å². The molecule has 70 valence electrons. The van der Waals surface area contributed by atoms with Crippen LogP contribution >= 0.6 is 0 Å². The van der Waals surface area contributed by atoms with Gasteiger partial charge in [-0.15, -0.1) is 0 Å². The van der Waals surface area contributed by atoms with Crippen LogP contribution in [0.1, 0.15) is 24.9 Å². The van der Waals surface area contributed by atoms with E-state index in [0.29, 0.717) is 18.5 Å². The largest absolute Gasteiger partial charge is 0.478 e. The van der Waals surface area contributed by atoms with Crippen LogP contribution in [-0.4, -0.2) is 18.1 Å². The second-order valence-electron chi connectivity index (χ2n) is 3.16. The van der Waals surface area contributed by atoms with Crippen molar-refractivity contribution in [1.29, 1.82) is 0 Å². The molecule has 1 aliphatic rings. The molecule has 0 saturated carbocycles. The van der Waals surface area contributed by atoms with Gasteiger partial charge in [-0.25, -0.2) is 4.98 Å². The number of nitrogens with one attached hydrogen (secondary N) is 1. The third kappa shape index (κ3) is 1.80. The molecule has 1 aliphatic heterocycles. The first-order valence-corrected chi connectivity index (χ1v) is 4.72. The van der Waals surface area contributed by atoms with E-state index in [4.69, 9.17) is 4.74 Å². The molecule has 0 aliphatic carbocycles. The quantitative estimate of drug-likeness (QED) is 0.762. The van der Waals surface area contributed by atoms with Gasteiger partial charge in [0, 0.05) is 18.3 Å². The van der Waals surface area contributed by atoms with Gasteiger partial charge >= 0.3 is 0 Å². The van der Waals surface area contributed by atoms with Gasteiger partial charge in [-0.1, -0.05) is 6.07 Å². The molecule has 0 radical (unpaired) electrons. The Hall–Kier alpha value is -1.09. The minimum absolute atomic E-state index is 0.517. The number of hydrogen-bond acceptors (Lipinski definition) is 3. The van der Waals surface area contributed by atoms with E-state index >= 15 is 0 Å². The molecule has 3 heteroatoms. The number of ether oxygens (including phenoxy) is 1. The highest BCUT2D eigenvalue weighted by molar-refractivity contribution is 5.22. The van der Waals surface area contributed by atoms with Gasteiger partial charge < -0.3 is 10.1 Å². The summed E-state index contributed by atoms with van der Waals surface area (Å²) >= 11 is 0. The molecule has 1 aromatic heterocycles. The molecule has 1 aromatic rings. The molecular formula is C10H14N2O. The van der Waals surface area contributed by atoms with Crippen LogP contribution in [0.25, 0.3) is 0 Å². The van der Waals surface area contributed by atoms with Gasteiger partial charge in [0.25, 0.3) is 0 Å². The molecule has 1 saturated heterocycles. The van der Waals surface area contributed by atoms with Gasteiger partial charge in [0.2, 0.25) is 5.88 Å². The van der Waals surface area contributed by atoms with E-state index in [1.165, 1.54) is 12.0 Å². The van der Waals surface area contributed by atoms with Crippen LogP contribution < -0.4 is 10.1 Å². The Morgan fingerprint density at radius 3 is 2.92 bits per heavy atom. The first-order chi connectivity index (χ1) is 6.40. The van der Waals surface area contributed by atoms with E-state index in [1.54, 1.807) is 0 Å². The normalized spacial score (nSPS) is 20.8. The van der Waals surface area contributed by atoms with Gasteiger partial charge in [0.1, 0.15) is 0 Å². The molecule has 0 spiro atoms. The van der Waals surface area contributed by atoms with Crippen molar-refractivity contribution in [2.45, 2.75) is 19.4 Å². The molecule has 0 amide bonds. The number of nitrogens with zero attached hydrogens (tertiary/aromatic N) is 1. The molecule has 1 unspecified atom stereocenters. The Balaban J connectivity index is 2.04. The number of pyridine rings is 1. The highest BCUT2D eigenvalue weighted by atomic mass is 16.5. The molecule has 13 heavy (non-hydrogen) atoms. The highest BCUT2D eigenvalue weighted by Gasteiger charge is 2.18. The smallest absolute Gasteiger partial charge is 0.213 e. The molecular weight excluding hydrogens is 164 g/mol. The third-order valence-electron chi connectivity index (χ3n) is 2.28. The van der Waals surface area contributed by atoms with Crippen molar-refractivity contribution in [2.75, 3.05) is 13.2 Å². The zero-order valence-corrected chi connectivity index (χ0v) is 7.79. The Morgan fingerprint density at radius 1 is 1.62 bits per heavy atom. The summed E-state index contributed by atoms with van der Waals surface area (Å²) in [5.74, 6) is 0.713. The average Bonchev–Trinajstić information content (AvgIpc) is 2.06. The van der Waals surface area contributed by atoms with Crippen LogP contribution in [0.3, 0.4) is 0 Å². The van der Waals surface area contributed by atoms with Crippen molar-refractivity contribution in [3.05, 3.63) is 23.9 Å². The van der Waals surface area contributed by atoms with E-state index in [0.717, 1.165) is 6.54 Å². The maximum atomic E-state index is 5.26. The van der Waals surface area contributed by atoms with Crippen LogP contribution in [0.2, 0.25) is 0 Å². The minimum atomic E-state index is 0.517. The first-order valence-electron chi connectivity index (χ1n) is 4.72. The number of aromatic nitrogens is 1. The molecule has 2 heterocycles. The Bertz CT molecular complexity index is 267. The van der Waals surface area contributed by atoms with Crippen molar-refractivity contribution in [3.63, 3.8) is 0 Å². The van der Waals surface area contributed by atoms with Crippen molar-refractivity contribution in [1.82, 2.24) is 10.3 Å². The molecule has 3 nitrogen and oxygen atoms in total. The van der Waals surface area contributed by atoms with Crippen molar-refractivity contribution < 1.29 is 4.74 Å². The van der Waals surface area contributed by atoms with Gasteiger partial charge in [0.05, 0.1) is 6.61 Å². The monoisotopic (exact) mass is 178 g/mol. The van der Waals surface area contributed by atoms with Gasteiger partial charge in [-0.3, -0.25) is 0 Å². The van der Waals surface area contributed by atoms with Gasteiger partial charge in [-0.2, -0.15) is 0 Å².